The van der Waals surface area contributed by atoms with Crippen molar-refractivity contribution in [1.82, 2.24) is 34.6 Å². The topological polar surface area (TPSA) is 102 Å². The van der Waals surface area contributed by atoms with Crippen LogP contribution in [0.4, 0.5) is 5.95 Å². The Labute approximate surface area is 176 Å². The first-order chi connectivity index (χ1) is 14.5. The molecule has 156 valence electrons. The van der Waals surface area contributed by atoms with Crippen LogP contribution < -0.4 is 5.73 Å². The van der Waals surface area contributed by atoms with Crippen molar-refractivity contribution in [2.45, 2.75) is 32.7 Å². The Morgan fingerprint density at radius 1 is 1.13 bits per heavy atom. The molecule has 4 rings (SSSR count). The molecule has 30 heavy (non-hydrogen) atoms. The van der Waals surface area contributed by atoms with Crippen molar-refractivity contribution in [2.24, 2.45) is 0 Å². The van der Waals surface area contributed by atoms with Crippen molar-refractivity contribution < 1.29 is 0 Å². The Balaban J connectivity index is 1.68. The lowest BCUT2D eigenvalue weighted by Crippen LogP contribution is -2.18. The Hall–Kier alpha value is -3.26. The number of hydrogen-bond acceptors (Lipinski definition) is 6. The van der Waals surface area contributed by atoms with Crippen LogP contribution in [0.25, 0.3) is 33.4 Å². The van der Waals surface area contributed by atoms with Gasteiger partial charge in [0.1, 0.15) is 5.65 Å². The highest BCUT2D eigenvalue weighted by Crippen LogP contribution is 2.30. The van der Waals surface area contributed by atoms with Gasteiger partial charge in [-0.3, -0.25) is 4.68 Å². The maximum absolute atomic E-state index is 5.99. The molecule has 8 nitrogen and oxygen atoms in total. The van der Waals surface area contributed by atoms with Gasteiger partial charge in [-0.2, -0.15) is 5.10 Å². The molecule has 4 aromatic rings. The molecule has 0 bridgehead atoms. The SMILES string of the molecule is CCCCc1cc(-c2c[nH]c3ncc(-c4cnn(CCN(C)C)c4)cc23)nc(N)n1. The van der Waals surface area contributed by atoms with E-state index in [1.165, 1.54) is 0 Å². The number of anilines is 1. The number of H-pyrrole nitrogens is 1. The summed E-state index contributed by atoms with van der Waals surface area (Å²) in [6, 6.07) is 4.16. The minimum absolute atomic E-state index is 0.305. The Morgan fingerprint density at radius 3 is 2.80 bits per heavy atom. The maximum Gasteiger partial charge on any atom is 0.220 e. The summed E-state index contributed by atoms with van der Waals surface area (Å²) in [7, 11) is 4.12. The largest absolute Gasteiger partial charge is 0.368 e. The van der Waals surface area contributed by atoms with Gasteiger partial charge >= 0.3 is 0 Å². The fraction of sp³-hybridized carbons (Fsp3) is 0.364. The number of nitrogens with one attached hydrogen (secondary N) is 1. The highest BCUT2D eigenvalue weighted by Gasteiger charge is 2.13. The number of aryl methyl sites for hydroxylation is 1. The number of aromatic nitrogens is 6. The monoisotopic (exact) mass is 404 g/mol. The van der Waals surface area contributed by atoms with Crippen molar-refractivity contribution in [3.8, 4) is 22.4 Å². The Kier molecular flexibility index (Phi) is 5.76. The average Bonchev–Trinajstić information content (AvgIpc) is 3.37. The predicted molar refractivity (Wildman–Crippen MR) is 120 cm³/mol. The van der Waals surface area contributed by atoms with Crippen LogP contribution in [0.1, 0.15) is 25.5 Å². The van der Waals surface area contributed by atoms with Crippen LogP contribution in [0.2, 0.25) is 0 Å². The molecule has 0 fully saturated rings. The zero-order valence-corrected chi connectivity index (χ0v) is 17.8. The van der Waals surface area contributed by atoms with E-state index in [0.29, 0.717) is 5.95 Å². The zero-order chi connectivity index (χ0) is 21.1. The molecule has 0 spiro atoms. The Morgan fingerprint density at radius 2 is 2.00 bits per heavy atom. The van der Waals surface area contributed by atoms with Crippen LogP contribution in [0.15, 0.2) is 36.9 Å². The number of nitrogen functional groups attached to an aromatic ring is 1. The minimum Gasteiger partial charge on any atom is -0.368 e. The summed E-state index contributed by atoms with van der Waals surface area (Å²) in [6.07, 6.45) is 10.8. The third-order valence-corrected chi connectivity index (χ3v) is 5.13. The molecule has 0 aliphatic rings. The molecule has 0 saturated carbocycles. The summed E-state index contributed by atoms with van der Waals surface area (Å²) in [5, 5.41) is 5.49. The first kappa shape index (κ1) is 20.0. The van der Waals surface area contributed by atoms with Crippen LogP contribution in [0.5, 0.6) is 0 Å². The van der Waals surface area contributed by atoms with Gasteiger partial charge in [0, 0.05) is 52.9 Å². The number of likely N-dealkylation sites (N-methyl/N-ethyl adjacent to an activating group) is 1. The van der Waals surface area contributed by atoms with E-state index in [1.54, 1.807) is 0 Å². The molecule has 0 radical (unpaired) electrons. The van der Waals surface area contributed by atoms with Gasteiger partial charge in [0.2, 0.25) is 5.95 Å². The highest BCUT2D eigenvalue weighted by molar-refractivity contribution is 5.95. The summed E-state index contributed by atoms with van der Waals surface area (Å²) in [5.74, 6) is 0.305. The molecule has 0 aromatic carbocycles. The van der Waals surface area contributed by atoms with E-state index in [-0.39, 0.29) is 0 Å². The first-order valence-corrected chi connectivity index (χ1v) is 10.3. The number of aromatic amines is 1. The van der Waals surface area contributed by atoms with Gasteiger partial charge in [0.15, 0.2) is 0 Å². The zero-order valence-electron chi connectivity index (χ0n) is 17.8. The maximum atomic E-state index is 5.99. The van der Waals surface area contributed by atoms with Crippen LogP contribution in [0.3, 0.4) is 0 Å². The fourth-order valence-electron chi connectivity index (χ4n) is 3.45. The van der Waals surface area contributed by atoms with Crippen molar-refractivity contribution in [1.29, 1.82) is 0 Å². The lowest BCUT2D eigenvalue weighted by molar-refractivity contribution is 0.373. The van der Waals surface area contributed by atoms with Gasteiger partial charge in [-0.25, -0.2) is 15.0 Å². The second kappa shape index (κ2) is 8.62. The van der Waals surface area contributed by atoms with Gasteiger partial charge in [-0.05, 0) is 39.1 Å². The Bertz CT molecular complexity index is 1140. The number of nitrogens with zero attached hydrogens (tertiary/aromatic N) is 6. The summed E-state index contributed by atoms with van der Waals surface area (Å²) in [4.78, 5) is 18.9. The van der Waals surface area contributed by atoms with Gasteiger partial charge in [-0.1, -0.05) is 13.3 Å². The van der Waals surface area contributed by atoms with Crippen LogP contribution >= 0.6 is 0 Å². The quantitative estimate of drug-likeness (QED) is 0.467. The van der Waals surface area contributed by atoms with Crippen LogP contribution in [-0.4, -0.2) is 55.3 Å². The summed E-state index contributed by atoms with van der Waals surface area (Å²) >= 11 is 0. The minimum atomic E-state index is 0.305. The van der Waals surface area contributed by atoms with Crippen molar-refractivity contribution in [3.63, 3.8) is 0 Å². The number of hydrogen-bond donors (Lipinski definition) is 2. The van der Waals surface area contributed by atoms with E-state index in [2.05, 4.69) is 63.2 Å². The normalized spacial score (nSPS) is 11.6. The molecular formula is C22H28N8. The first-order valence-electron chi connectivity index (χ1n) is 10.3. The molecule has 4 heterocycles. The van der Waals surface area contributed by atoms with Crippen molar-refractivity contribution in [2.75, 3.05) is 26.4 Å². The fourth-order valence-corrected chi connectivity index (χ4v) is 3.45. The van der Waals surface area contributed by atoms with E-state index >= 15 is 0 Å². The summed E-state index contributed by atoms with van der Waals surface area (Å²) in [5.41, 5.74) is 11.6. The average molecular weight is 405 g/mol. The van der Waals surface area contributed by atoms with Gasteiger partial charge in [-0.15, -0.1) is 0 Å². The molecule has 0 saturated heterocycles. The third-order valence-electron chi connectivity index (χ3n) is 5.13. The second-order valence-electron chi connectivity index (χ2n) is 7.82. The van der Waals surface area contributed by atoms with E-state index in [0.717, 1.165) is 71.5 Å². The van der Waals surface area contributed by atoms with Gasteiger partial charge in [0.05, 0.1) is 18.4 Å². The molecule has 3 N–H and O–H groups in total. The molecule has 0 aliphatic heterocycles. The lowest BCUT2D eigenvalue weighted by Gasteiger charge is -2.08. The lowest BCUT2D eigenvalue weighted by atomic mass is 10.1. The molecule has 8 heteroatoms. The molecule has 4 aromatic heterocycles. The van der Waals surface area contributed by atoms with Crippen LogP contribution in [0, 0.1) is 0 Å². The number of fused-ring (bicyclic) bond motifs is 1. The smallest absolute Gasteiger partial charge is 0.220 e. The van der Waals surface area contributed by atoms with Crippen LogP contribution in [-0.2, 0) is 13.0 Å². The number of rotatable bonds is 8. The molecule has 0 amide bonds. The number of pyridine rings is 1. The molecular weight excluding hydrogens is 376 g/mol. The van der Waals surface area contributed by atoms with Crippen molar-refractivity contribution in [3.05, 3.63) is 42.6 Å². The van der Waals surface area contributed by atoms with E-state index in [1.807, 2.05) is 29.3 Å². The van der Waals surface area contributed by atoms with Crippen molar-refractivity contribution >= 4 is 17.0 Å². The summed E-state index contributed by atoms with van der Waals surface area (Å²) in [6.45, 7) is 3.95. The standard InChI is InChI=1S/C22H28N8/c1-4-5-6-17-10-20(28-22(23)27-17)19-13-25-21-18(19)9-15(11-24-21)16-12-26-30(14-16)8-7-29(2)3/h9-14H,4-8H2,1-3H3,(H,24,25)(H2,23,27,28). The summed E-state index contributed by atoms with van der Waals surface area (Å²) < 4.78 is 1.96. The van der Waals surface area contributed by atoms with E-state index in [4.69, 9.17) is 5.73 Å². The van der Waals surface area contributed by atoms with E-state index in [9.17, 15) is 0 Å². The van der Waals surface area contributed by atoms with Gasteiger partial charge < -0.3 is 15.6 Å². The molecule has 0 unspecified atom stereocenters. The van der Waals surface area contributed by atoms with Gasteiger partial charge in [0.25, 0.3) is 0 Å². The number of nitrogens with two attached hydrogens (primary N) is 1. The van der Waals surface area contributed by atoms with E-state index < -0.39 is 0 Å². The third kappa shape index (κ3) is 4.33. The molecule has 0 atom stereocenters. The number of unbranched alkanes of at least 4 members (excludes halogenated alkanes) is 1. The second-order valence-corrected chi connectivity index (χ2v) is 7.82. The predicted octanol–water partition coefficient (Wildman–Crippen LogP) is 3.37. The molecule has 0 aliphatic carbocycles. The highest BCUT2D eigenvalue weighted by atomic mass is 15.3.